The lowest BCUT2D eigenvalue weighted by Crippen LogP contribution is -2.51. The summed E-state index contributed by atoms with van der Waals surface area (Å²) in [5, 5.41) is 26.9. The number of hydrogen-bond donors (Lipinski definition) is 4. The van der Waals surface area contributed by atoms with E-state index in [4.69, 9.17) is 5.73 Å². The van der Waals surface area contributed by atoms with Gasteiger partial charge in [0.15, 0.2) is 0 Å². The summed E-state index contributed by atoms with van der Waals surface area (Å²) in [4.78, 5) is 13.6. The molecule has 2 heterocycles. The third-order valence-corrected chi connectivity index (χ3v) is 11.8. The molecule has 38 heavy (non-hydrogen) atoms. The van der Waals surface area contributed by atoms with Gasteiger partial charge in [0.2, 0.25) is 5.91 Å². The fourth-order valence-corrected chi connectivity index (χ4v) is 9.93. The number of rotatable bonds is 1. The van der Waals surface area contributed by atoms with Crippen molar-refractivity contribution in [3.05, 3.63) is 64.6 Å². The predicted octanol–water partition coefficient (Wildman–Crippen LogP) is 5.00. The van der Waals surface area contributed by atoms with Crippen molar-refractivity contribution in [2.45, 2.75) is 76.7 Å². The molecule has 5 N–H and O–H groups in total. The average molecular weight is 511 g/mol. The van der Waals surface area contributed by atoms with E-state index < -0.39 is 5.41 Å². The Labute approximate surface area is 225 Å². The number of dihydropyridines is 1. The molecule has 1 aromatic carbocycles. The molecule has 8 atom stereocenters. The van der Waals surface area contributed by atoms with Crippen molar-refractivity contribution in [2.75, 3.05) is 5.32 Å². The molecule has 0 bridgehead atoms. The summed E-state index contributed by atoms with van der Waals surface area (Å²) in [7, 11) is 0. The standard InChI is InChI=1S/C32H38N4O2/c1-30-13-11-19(37)15-18(30)7-8-20-21-9-10-23(31(21,2)14-12-22(20)30)27-16-32(25(17-33)28(34)35-27)24-5-3-4-6-26(24)36-29(32)38/h3-7,16,19-23,35,37H,8-15,34H2,1-2H3,(H,36,38)/t19-,20-,21-,22-,23+,30-,31-,32?/m0/s1. The quantitative estimate of drug-likeness (QED) is 0.398. The van der Waals surface area contributed by atoms with Crippen molar-refractivity contribution >= 4 is 11.6 Å². The van der Waals surface area contributed by atoms with Crippen LogP contribution in [0.4, 0.5) is 5.69 Å². The highest BCUT2D eigenvalue weighted by Crippen LogP contribution is 2.67. The van der Waals surface area contributed by atoms with Gasteiger partial charge in [-0.15, -0.1) is 0 Å². The van der Waals surface area contributed by atoms with Crippen LogP contribution in [-0.4, -0.2) is 17.1 Å². The van der Waals surface area contributed by atoms with Gasteiger partial charge in [0, 0.05) is 22.9 Å². The number of fused-ring (bicyclic) bond motifs is 7. The number of nitrogens with zero attached hydrogens (tertiary/aromatic N) is 1. The van der Waals surface area contributed by atoms with Crippen LogP contribution in [0.1, 0.15) is 70.8 Å². The molecule has 2 aliphatic heterocycles. The van der Waals surface area contributed by atoms with Crippen LogP contribution in [0.15, 0.2) is 59.1 Å². The number of aliphatic hydroxyl groups excluding tert-OH is 1. The van der Waals surface area contributed by atoms with Crippen LogP contribution >= 0.6 is 0 Å². The number of aliphatic hydroxyl groups is 1. The normalized spacial score (nSPS) is 43.1. The van der Waals surface area contributed by atoms with E-state index in [0.29, 0.717) is 23.6 Å². The number of carbonyl (C=O) groups excluding carboxylic acids is 1. The lowest BCUT2D eigenvalue weighted by atomic mass is 9.47. The van der Waals surface area contributed by atoms with Crippen LogP contribution in [0.3, 0.4) is 0 Å². The zero-order chi connectivity index (χ0) is 26.4. The van der Waals surface area contributed by atoms with Crippen molar-refractivity contribution in [1.82, 2.24) is 5.32 Å². The van der Waals surface area contributed by atoms with Gasteiger partial charge in [-0.2, -0.15) is 5.26 Å². The second-order valence-corrected chi connectivity index (χ2v) is 13.3. The summed E-state index contributed by atoms with van der Waals surface area (Å²) >= 11 is 0. The highest BCUT2D eigenvalue weighted by Gasteiger charge is 2.60. The molecule has 1 amide bonds. The van der Waals surface area contributed by atoms with E-state index in [2.05, 4.69) is 36.6 Å². The van der Waals surface area contributed by atoms with Gasteiger partial charge in [0.05, 0.1) is 11.7 Å². The van der Waals surface area contributed by atoms with Crippen molar-refractivity contribution in [3.8, 4) is 6.07 Å². The van der Waals surface area contributed by atoms with E-state index in [0.717, 1.165) is 55.5 Å². The average Bonchev–Trinajstić information content (AvgIpc) is 3.38. The maximum atomic E-state index is 13.6. The number of benzene rings is 1. The van der Waals surface area contributed by atoms with Gasteiger partial charge in [-0.25, -0.2) is 0 Å². The number of amides is 1. The van der Waals surface area contributed by atoms with E-state index in [1.165, 1.54) is 18.4 Å². The fourth-order valence-electron chi connectivity index (χ4n) is 9.93. The number of nitriles is 1. The molecule has 1 spiro atoms. The minimum absolute atomic E-state index is 0.107. The van der Waals surface area contributed by atoms with Crippen LogP contribution in [-0.2, 0) is 10.2 Å². The first-order valence-electron chi connectivity index (χ1n) is 14.4. The highest BCUT2D eigenvalue weighted by molar-refractivity contribution is 6.11. The molecular formula is C32H38N4O2. The lowest BCUT2D eigenvalue weighted by molar-refractivity contribution is -0.118. The third-order valence-electron chi connectivity index (χ3n) is 11.8. The molecule has 0 saturated heterocycles. The Bertz CT molecular complexity index is 1370. The first kappa shape index (κ1) is 24.0. The monoisotopic (exact) mass is 510 g/mol. The Kier molecular flexibility index (Phi) is 5.05. The maximum absolute atomic E-state index is 13.6. The number of allylic oxidation sites excluding steroid dienone is 2. The van der Waals surface area contributed by atoms with E-state index in [-0.39, 0.29) is 34.3 Å². The molecule has 3 fully saturated rings. The van der Waals surface area contributed by atoms with Crippen molar-refractivity contribution in [3.63, 3.8) is 0 Å². The Hall–Kier alpha value is -3.04. The van der Waals surface area contributed by atoms with Gasteiger partial charge in [0.25, 0.3) is 0 Å². The molecule has 1 unspecified atom stereocenters. The first-order chi connectivity index (χ1) is 18.2. The minimum Gasteiger partial charge on any atom is -0.393 e. The molecule has 6 aliphatic rings. The summed E-state index contributed by atoms with van der Waals surface area (Å²) in [6.07, 6.45) is 12.9. The molecule has 6 nitrogen and oxygen atoms in total. The largest absolute Gasteiger partial charge is 0.393 e. The zero-order valence-corrected chi connectivity index (χ0v) is 22.4. The van der Waals surface area contributed by atoms with E-state index in [9.17, 15) is 15.2 Å². The predicted molar refractivity (Wildman–Crippen MR) is 146 cm³/mol. The van der Waals surface area contributed by atoms with Gasteiger partial charge in [-0.05, 0) is 92.1 Å². The Morgan fingerprint density at radius 2 is 1.89 bits per heavy atom. The van der Waals surface area contributed by atoms with E-state index >= 15 is 0 Å². The van der Waals surface area contributed by atoms with E-state index in [1.807, 2.05) is 30.3 Å². The highest BCUT2D eigenvalue weighted by atomic mass is 16.3. The molecular weight excluding hydrogens is 472 g/mol. The molecule has 198 valence electrons. The van der Waals surface area contributed by atoms with Crippen molar-refractivity contribution in [1.29, 1.82) is 5.26 Å². The van der Waals surface area contributed by atoms with Crippen molar-refractivity contribution in [2.24, 2.45) is 40.2 Å². The van der Waals surface area contributed by atoms with Gasteiger partial charge in [-0.3, -0.25) is 4.79 Å². The number of nitrogens with one attached hydrogen (secondary N) is 2. The smallest absolute Gasteiger partial charge is 0.244 e. The van der Waals surface area contributed by atoms with Crippen LogP contribution in [0, 0.1) is 45.8 Å². The summed E-state index contributed by atoms with van der Waals surface area (Å²) in [6, 6.07) is 9.93. The summed E-state index contributed by atoms with van der Waals surface area (Å²) in [6.45, 7) is 4.94. The summed E-state index contributed by atoms with van der Waals surface area (Å²) in [5.41, 5.74) is 10.0. The topological polar surface area (TPSA) is 111 Å². The SMILES string of the molecule is C[C@]12CC[C@H]3[C@@H](CC=C4C[C@@H](O)CC[C@@]43C)[C@@H]1CC[C@@H]2C1=CC2(C(=O)Nc3ccccc32)C(C#N)=C(N)N1. The number of carbonyl (C=O) groups is 1. The lowest BCUT2D eigenvalue weighted by Gasteiger charge is -2.58. The number of anilines is 1. The second kappa shape index (κ2) is 7.99. The number of para-hydroxylation sites is 1. The molecule has 3 saturated carbocycles. The van der Waals surface area contributed by atoms with Crippen LogP contribution in [0.5, 0.6) is 0 Å². The molecule has 1 aromatic rings. The first-order valence-corrected chi connectivity index (χ1v) is 14.4. The maximum Gasteiger partial charge on any atom is 0.244 e. The molecule has 0 radical (unpaired) electrons. The molecule has 6 heteroatoms. The Balaban J connectivity index is 1.27. The Morgan fingerprint density at radius 1 is 1.08 bits per heavy atom. The fraction of sp³-hybridized carbons (Fsp3) is 0.562. The van der Waals surface area contributed by atoms with Gasteiger partial charge < -0.3 is 21.5 Å². The van der Waals surface area contributed by atoms with Crippen LogP contribution in [0.2, 0.25) is 0 Å². The second-order valence-electron chi connectivity index (χ2n) is 13.3. The van der Waals surface area contributed by atoms with Crippen molar-refractivity contribution < 1.29 is 9.90 Å². The minimum atomic E-state index is -1.18. The van der Waals surface area contributed by atoms with Crippen LogP contribution < -0.4 is 16.4 Å². The van der Waals surface area contributed by atoms with Gasteiger partial charge in [0.1, 0.15) is 17.3 Å². The summed E-state index contributed by atoms with van der Waals surface area (Å²) in [5.74, 6) is 2.30. The molecule has 7 rings (SSSR count). The van der Waals surface area contributed by atoms with E-state index in [1.54, 1.807) is 0 Å². The number of hydrogen-bond acceptors (Lipinski definition) is 5. The number of nitrogens with two attached hydrogens (primary N) is 1. The summed E-state index contributed by atoms with van der Waals surface area (Å²) < 4.78 is 0. The zero-order valence-electron chi connectivity index (χ0n) is 22.4. The van der Waals surface area contributed by atoms with Crippen LogP contribution in [0.25, 0.3) is 0 Å². The Morgan fingerprint density at radius 3 is 2.71 bits per heavy atom. The molecule has 4 aliphatic carbocycles. The third kappa shape index (κ3) is 2.94. The van der Waals surface area contributed by atoms with Gasteiger partial charge >= 0.3 is 0 Å². The van der Waals surface area contributed by atoms with Gasteiger partial charge in [-0.1, -0.05) is 43.7 Å². The molecule has 0 aromatic heterocycles.